The van der Waals surface area contributed by atoms with Crippen molar-refractivity contribution in [1.82, 2.24) is 19.9 Å². The van der Waals surface area contributed by atoms with Gasteiger partial charge in [0.25, 0.3) is 5.56 Å². The van der Waals surface area contributed by atoms with Gasteiger partial charge in [-0.15, -0.1) is 0 Å². The number of pyridine rings is 1. The zero-order valence-electron chi connectivity index (χ0n) is 13.6. The third-order valence-corrected chi connectivity index (χ3v) is 4.10. The van der Waals surface area contributed by atoms with Gasteiger partial charge in [0, 0.05) is 25.9 Å². The smallest absolute Gasteiger partial charge is 0.251 e. The van der Waals surface area contributed by atoms with E-state index < -0.39 is 0 Å². The van der Waals surface area contributed by atoms with Gasteiger partial charge in [0.05, 0.1) is 30.5 Å². The molecule has 3 rings (SSSR count). The molecule has 1 aliphatic heterocycles. The fourth-order valence-electron chi connectivity index (χ4n) is 2.96. The van der Waals surface area contributed by atoms with E-state index in [0.717, 1.165) is 12.8 Å². The SMILES string of the molecule is COCCC(=O)N1CCC[C@@H]1c1nc(-c2ccccn2)cc(=O)[nH]1. The Morgan fingerprint density at radius 2 is 2.29 bits per heavy atom. The standard InChI is InChI=1S/C17H20N4O3/c1-24-10-7-16(23)21-9-4-6-14(21)17-19-13(11-15(22)20-17)12-5-2-3-8-18-12/h2-3,5,8,11,14H,4,6-7,9-10H2,1H3,(H,19,20,22)/t14-/m1/s1. The number of aromatic nitrogens is 3. The van der Waals surface area contributed by atoms with Crippen LogP contribution in [0, 0.1) is 0 Å². The lowest BCUT2D eigenvalue weighted by atomic mass is 10.2. The molecule has 0 aliphatic carbocycles. The number of hydrogen-bond acceptors (Lipinski definition) is 5. The molecule has 0 spiro atoms. The van der Waals surface area contributed by atoms with Crippen molar-refractivity contribution in [2.45, 2.75) is 25.3 Å². The lowest BCUT2D eigenvalue weighted by Crippen LogP contribution is -2.33. The summed E-state index contributed by atoms with van der Waals surface area (Å²) in [5.74, 6) is 0.539. The van der Waals surface area contributed by atoms with Gasteiger partial charge < -0.3 is 14.6 Å². The number of carbonyl (C=O) groups excluding carboxylic acids is 1. The van der Waals surface area contributed by atoms with E-state index in [4.69, 9.17) is 4.74 Å². The molecule has 2 aromatic rings. The summed E-state index contributed by atoms with van der Waals surface area (Å²) >= 11 is 0. The molecule has 1 amide bonds. The highest BCUT2D eigenvalue weighted by atomic mass is 16.5. The number of likely N-dealkylation sites (tertiary alicyclic amines) is 1. The predicted octanol–water partition coefficient (Wildman–Crippen LogP) is 1.53. The maximum absolute atomic E-state index is 12.3. The number of rotatable bonds is 5. The number of H-pyrrole nitrogens is 1. The van der Waals surface area contributed by atoms with Crippen LogP contribution in [0.1, 0.15) is 31.1 Å². The van der Waals surface area contributed by atoms with E-state index in [2.05, 4.69) is 15.0 Å². The molecular weight excluding hydrogens is 308 g/mol. The van der Waals surface area contributed by atoms with Crippen molar-refractivity contribution >= 4 is 5.91 Å². The van der Waals surface area contributed by atoms with Crippen LogP contribution in [0.2, 0.25) is 0 Å². The molecule has 1 saturated heterocycles. The molecule has 1 aliphatic rings. The van der Waals surface area contributed by atoms with E-state index in [9.17, 15) is 9.59 Å². The molecule has 1 N–H and O–H groups in total. The van der Waals surface area contributed by atoms with Crippen molar-refractivity contribution in [3.63, 3.8) is 0 Å². The number of amides is 1. The van der Waals surface area contributed by atoms with E-state index in [1.807, 2.05) is 18.2 Å². The van der Waals surface area contributed by atoms with Crippen molar-refractivity contribution in [3.8, 4) is 11.4 Å². The van der Waals surface area contributed by atoms with Gasteiger partial charge in [-0.05, 0) is 25.0 Å². The first kappa shape index (κ1) is 16.3. The number of ether oxygens (including phenoxy) is 1. The van der Waals surface area contributed by atoms with Gasteiger partial charge in [-0.3, -0.25) is 14.6 Å². The van der Waals surface area contributed by atoms with E-state index >= 15 is 0 Å². The molecule has 0 aromatic carbocycles. The molecule has 0 bridgehead atoms. The maximum Gasteiger partial charge on any atom is 0.251 e. The Bertz CT molecular complexity index is 760. The third-order valence-electron chi connectivity index (χ3n) is 4.10. The molecule has 0 radical (unpaired) electrons. The highest BCUT2D eigenvalue weighted by Crippen LogP contribution is 2.30. The first-order valence-corrected chi connectivity index (χ1v) is 8.00. The molecule has 7 heteroatoms. The van der Waals surface area contributed by atoms with Gasteiger partial charge in [-0.1, -0.05) is 6.07 Å². The number of carbonyl (C=O) groups is 1. The molecule has 1 atom stereocenters. The number of nitrogens with zero attached hydrogens (tertiary/aromatic N) is 3. The van der Waals surface area contributed by atoms with Crippen LogP contribution in [-0.2, 0) is 9.53 Å². The fraction of sp³-hybridized carbons (Fsp3) is 0.412. The second-order valence-electron chi connectivity index (χ2n) is 5.72. The van der Waals surface area contributed by atoms with Crippen LogP contribution in [0.25, 0.3) is 11.4 Å². The lowest BCUT2D eigenvalue weighted by molar-refractivity contribution is -0.133. The predicted molar refractivity (Wildman–Crippen MR) is 88.3 cm³/mol. The van der Waals surface area contributed by atoms with Crippen molar-refractivity contribution in [2.24, 2.45) is 0 Å². The molecule has 24 heavy (non-hydrogen) atoms. The summed E-state index contributed by atoms with van der Waals surface area (Å²) in [5, 5.41) is 0. The summed E-state index contributed by atoms with van der Waals surface area (Å²) in [6.45, 7) is 1.06. The van der Waals surface area contributed by atoms with E-state index in [1.54, 1.807) is 18.2 Å². The number of nitrogens with one attached hydrogen (secondary N) is 1. The summed E-state index contributed by atoms with van der Waals surface area (Å²) in [6.07, 6.45) is 3.67. The molecule has 7 nitrogen and oxygen atoms in total. The van der Waals surface area contributed by atoms with Gasteiger partial charge in [-0.25, -0.2) is 4.98 Å². The van der Waals surface area contributed by atoms with Crippen LogP contribution < -0.4 is 5.56 Å². The molecular formula is C17H20N4O3. The fourth-order valence-corrected chi connectivity index (χ4v) is 2.96. The summed E-state index contributed by atoms with van der Waals surface area (Å²) in [5.41, 5.74) is 0.919. The second-order valence-corrected chi connectivity index (χ2v) is 5.72. The van der Waals surface area contributed by atoms with Crippen LogP contribution in [0.4, 0.5) is 0 Å². The molecule has 1 fully saturated rings. The number of methoxy groups -OCH3 is 1. The van der Waals surface area contributed by atoms with Crippen molar-refractivity contribution in [2.75, 3.05) is 20.3 Å². The number of aromatic amines is 1. The summed E-state index contributed by atoms with van der Waals surface area (Å²) in [7, 11) is 1.57. The zero-order valence-corrected chi connectivity index (χ0v) is 13.6. The van der Waals surface area contributed by atoms with Crippen molar-refractivity contribution in [3.05, 3.63) is 46.6 Å². The molecule has 126 valence electrons. The molecule has 2 aromatic heterocycles. The topological polar surface area (TPSA) is 88.2 Å². The minimum atomic E-state index is -0.239. The normalized spacial score (nSPS) is 17.2. The minimum Gasteiger partial charge on any atom is -0.384 e. The highest BCUT2D eigenvalue weighted by molar-refractivity contribution is 5.77. The lowest BCUT2D eigenvalue weighted by Gasteiger charge is -2.24. The van der Waals surface area contributed by atoms with E-state index in [1.165, 1.54) is 6.07 Å². The molecule has 0 unspecified atom stereocenters. The van der Waals surface area contributed by atoms with Crippen LogP contribution in [0.15, 0.2) is 35.3 Å². The average Bonchev–Trinajstić information content (AvgIpc) is 3.10. The highest BCUT2D eigenvalue weighted by Gasteiger charge is 2.31. The van der Waals surface area contributed by atoms with E-state index in [-0.39, 0.29) is 17.5 Å². The Kier molecular flexibility index (Phi) is 5.00. The Hall–Kier alpha value is -2.54. The number of hydrogen-bond donors (Lipinski definition) is 1. The first-order valence-electron chi connectivity index (χ1n) is 8.00. The summed E-state index contributed by atoms with van der Waals surface area (Å²) in [4.78, 5) is 37.7. The molecule has 3 heterocycles. The summed E-state index contributed by atoms with van der Waals surface area (Å²) < 4.78 is 4.98. The Balaban J connectivity index is 1.90. The molecule has 0 saturated carbocycles. The largest absolute Gasteiger partial charge is 0.384 e. The van der Waals surface area contributed by atoms with Crippen LogP contribution in [-0.4, -0.2) is 46.0 Å². The van der Waals surface area contributed by atoms with Gasteiger partial charge in [-0.2, -0.15) is 0 Å². The quantitative estimate of drug-likeness (QED) is 0.899. The van der Waals surface area contributed by atoms with Gasteiger partial charge in [0.2, 0.25) is 5.91 Å². The summed E-state index contributed by atoms with van der Waals surface area (Å²) in [6, 6.07) is 6.69. The van der Waals surface area contributed by atoms with Gasteiger partial charge in [0.15, 0.2) is 0 Å². The van der Waals surface area contributed by atoms with Gasteiger partial charge >= 0.3 is 0 Å². The Labute approximate surface area is 139 Å². The van der Waals surface area contributed by atoms with Crippen LogP contribution in [0.5, 0.6) is 0 Å². The average molecular weight is 328 g/mol. The van der Waals surface area contributed by atoms with Crippen molar-refractivity contribution in [1.29, 1.82) is 0 Å². The maximum atomic E-state index is 12.3. The zero-order chi connectivity index (χ0) is 16.9. The monoisotopic (exact) mass is 328 g/mol. The van der Waals surface area contributed by atoms with E-state index in [0.29, 0.717) is 36.8 Å². The second kappa shape index (κ2) is 7.35. The Morgan fingerprint density at radius 1 is 1.42 bits per heavy atom. The third kappa shape index (κ3) is 3.51. The first-order chi connectivity index (χ1) is 11.7. The van der Waals surface area contributed by atoms with Crippen LogP contribution in [0.3, 0.4) is 0 Å². The minimum absolute atomic E-state index is 0.0187. The Morgan fingerprint density at radius 3 is 3.04 bits per heavy atom. The van der Waals surface area contributed by atoms with Crippen LogP contribution >= 0.6 is 0 Å². The van der Waals surface area contributed by atoms with Crippen molar-refractivity contribution < 1.29 is 9.53 Å². The van der Waals surface area contributed by atoms with Gasteiger partial charge in [0.1, 0.15) is 5.82 Å².